The van der Waals surface area contributed by atoms with E-state index in [4.69, 9.17) is 4.74 Å². The van der Waals surface area contributed by atoms with Gasteiger partial charge in [-0.15, -0.1) is 0 Å². The highest BCUT2D eigenvalue weighted by Crippen LogP contribution is 2.33. The van der Waals surface area contributed by atoms with Gasteiger partial charge in [-0.1, -0.05) is 20.8 Å². The Hall–Kier alpha value is -1.36. The van der Waals surface area contributed by atoms with Crippen LogP contribution in [-0.2, 0) is 11.8 Å². The van der Waals surface area contributed by atoms with Crippen LogP contribution in [0.5, 0.6) is 0 Å². The maximum Gasteiger partial charge on any atom is 0.254 e. The molecule has 1 aromatic heterocycles. The number of amides is 1. The second kappa shape index (κ2) is 5.95. The molecule has 1 fully saturated rings. The second-order valence-electron chi connectivity index (χ2n) is 6.67. The van der Waals surface area contributed by atoms with Gasteiger partial charge in [0, 0.05) is 32.3 Å². The fourth-order valence-electron chi connectivity index (χ4n) is 2.87. The van der Waals surface area contributed by atoms with E-state index in [0.29, 0.717) is 18.0 Å². The number of nitrogens with one attached hydrogen (secondary N) is 1. The number of nitrogens with zero attached hydrogens (tertiary/aromatic N) is 2. The van der Waals surface area contributed by atoms with Crippen LogP contribution in [0.3, 0.4) is 0 Å². The normalized spacial score (nSPS) is 23.6. The second-order valence-corrected chi connectivity index (χ2v) is 6.67. The van der Waals surface area contributed by atoms with Crippen LogP contribution >= 0.6 is 0 Å². The van der Waals surface area contributed by atoms with Crippen LogP contribution in [0.4, 0.5) is 0 Å². The Morgan fingerprint density at radius 2 is 2.30 bits per heavy atom. The summed E-state index contributed by atoms with van der Waals surface area (Å²) in [7, 11) is 1.81. The smallest absolute Gasteiger partial charge is 0.254 e. The highest BCUT2D eigenvalue weighted by Gasteiger charge is 2.35. The van der Waals surface area contributed by atoms with Crippen LogP contribution in [0.1, 0.15) is 44.0 Å². The first-order valence-corrected chi connectivity index (χ1v) is 7.26. The lowest BCUT2D eigenvalue weighted by atomic mass is 9.78. The van der Waals surface area contributed by atoms with Gasteiger partial charge >= 0.3 is 0 Å². The number of aryl methyl sites for hydroxylation is 1. The van der Waals surface area contributed by atoms with E-state index < -0.39 is 0 Å². The molecule has 0 radical (unpaired) electrons. The number of aromatic nitrogens is 2. The Labute approximate surface area is 120 Å². The molecule has 1 aliphatic rings. The van der Waals surface area contributed by atoms with Crippen molar-refractivity contribution >= 4 is 5.91 Å². The monoisotopic (exact) mass is 279 g/mol. The van der Waals surface area contributed by atoms with Gasteiger partial charge in [0.1, 0.15) is 0 Å². The third-order valence-electron chi connectivity index (χ3n) is 3.79. The van der Waals surface area contributed by atoms with Crippen molar-refractivity contribution < 1.29 is 9.53 Å². The molecule has 1 saturated heterocycles. The zero-order chi connectivity index (χ0) is 14.8. The van der Waals surface area contributed by atoms with Crippen LogP contribution in [0, 0.1) is 11.3 Å². The molecule has 0 bridgehead atoms. The zero-order valence-corrected chi connectivity index (χ0v) is 12.8. The maximum absolute atomic E-state index is 12.1. The first-order chi connectivity index (χ1) is 9.38. The van der Waals surface area contributed by atoms with Crippen LogP contribution in [0.2, 0.25) is 0 Å². The van der Waals surface area contributed by atoms with Crippen LogP contribution < -0.4 is 5.32 Å². The van der Waals surface area contributed by atoms with E-state index in [1.807, 2.05) is 0 Å². The highest BCUT2D eigenvalue weighted by molar-refractivity contribution is 5.93. The van der Waals surface area contributed by atoms with Crippen LogP contribution in [0.15, 0.2) is 12.4 Å². The van der Waals surface area contributed by atoms with Crippen molar-refractivity contribution in [2.24, 2.45) is 18.4 Å². The Kier molecular flexibility index (Phi) is 4.48. The van der Waals surface area contributed by atoms with E-state index in [2.05, 4.69) is 31.2 Å². The predicted molar refractivity (Wildman–Crippen MR) is 77.5 cm³/mol. The molecule has 112 valence electrons. The molecular formula is C15H25N3O2. The van der Waals surface area contributed by atoms with E-state index in [0.717, 1.165) is 19.4 Å². The van der Waals surface area contributed by atoms with Gasteiger partial charge in [-0.25, -0.2) is 0 Å². The number of hydrogen-bond donors (Lipinski definition) is 1. The molecule has 2 rings (SSSR count). The molecule has 1 aliphatic heterocycles. The Morgan fingerprint density at radius 1 is 1.55 bits per heavy atom. The Morgan fingerprint density at radius 3 is 2.90 bits per heavy atom. The van der Waals surface area contributed by atoms with Gasteiger partial charge in [0.15, 0.2) is 0 Å². The van der Waals surface area contributed by atoms with Gasteiger partial charge < -0.3 is 10.1 Å². The SMILES string of the molecule is Cn1cc(C(=O)NC[C@H]2CCCO[C@H]2C(C)(C)C)cn1. The standard InChI is InChI=1S/C15H25N3O2/c1-15(2,3)13-11(6-5-7-20-13)8-16-14(19)12-9-17-18(4)10-12/h9-11,13H,5-8H2,1-4H3,(H,16,19)/t11-,13-/m1/s1. The summed E-state index contributed by atoms with van der Waals surface area (Å²) in [5.41, 5.74) is 0.709. The van der Waals surface area contributed by atoms with Gasteiger partial charge in [-0.3, -0.25) is 9.48 Å². The summed E-state index contributed by atoms with van der Waals surface area (Å²) in [6.45, 7) is 8.07. The lowest BCUT2D eigenvalue weighted by Crippen LogP contribution is -2.45. The third kappa shape index (κ3) is 3.60. The number of carbonyl (C=O) groups excluding carboxylic acids is 1. The number of carbonyl (C=O) groups is 1. The summed E-state index contributed by atoms with van der Waals surface area (Å²) < 4.78 is 7.56. The zero-order valence-electron chi connectivity index (χ0n) is 12.8. The van der Waals surface area contributed by atoms with Crippen molar-refractivity contribution in [3.63, 3.8) is 0 Å². The minimum absolute atomic E-state index is 0.0590. The van der Waals surface area contributed by atoms with Gasteiger partial charge in [0.2, 0.25) is 0 Å². The molecular weight excluding hydrogens is 254 g/mol. The first kappa shape index (κ1) is 15.0. The average molecular weight is 279 g/mol. The molecule has 5 nitrogen and oxygen atoms in total. The molecule has 1 aromatic rings. The number of rotatable bonds is 3. The van der Waals surface area contributed by atoms with Crippen LogP contribution in [0.25, 0.3) is 0 Å². The minimum atomic E-state index is -0.0590. The first-order valence-electron chi connectivity index (χ1n) is 7.26. The molecule has 1 amide bonds. The van der Waals surface area contributed by atoms with Crippen LogP contribution in [-0.4, -0.2) is 34.9 Å². The largest absolute Gasteiger partial charge is 0.377 e. The van der Waals surface area contributed by atoms with E-state index >= 15 is 0 Å². The number of ether oxygens (including phenoxy) is 1. The number of hydrogen-bond acceptors (Lipinski definition) is 3. The lowest BCUT2D eigenvalue weighted by molar-refractivity contribution is -0.0839. The van der Waals surface area contributed by atoms with Gasteiger partial charge in [-0.2, -0.15) is 5.10 Å². The summed E-state index contributed by atoms with van der Waals surface area (Å²) in [5, 5.41) is 7.03. The third-order valence-corrected chi connectivity index (χ3v) is 3.79. The molecule has 1 N–H and O–H groups in total. The topological polar surface area (TPSA) is 56.2 Å². The van der Waals surface area contributed by atoms with Crippen molar-refractivity contribution in [2.45, 2.75) is 39.7 Å². The summed E-state index contributed by atoms with van der Waals surface area (Å²) >= 11 is 0. The molecule has 2 atom stereocenters. The van der Waals surface area contributed by atoms with Gasteiger partial charge in [0.25, 0.3) is 5.91 Å². The molecule has 2 heterocycles. The molecule has 5 heteroatoms. The fourth-order valence-corrected chi connectivity index (χ4v) is 2.87. The predicted octanol–water partition coefficient (Wildman–Crippen LogP) is 1.99. The quantitative estimate of drug-likeness (QED) is 0.920. The van der Waals surface area contributed by atoms with Crippen molar-refractivity contribution in [3.8, 4) is 0 Å². The summed E-state index contributed by atoms with van der Waals surface area (Å²) in [6, 6.07) is 0. The lowest BCUT2D eigenvalue weighted by Gasteiger charge is -2.40. The van der Waals surface area contributed by atoms with Crippen molar-refractivity contribution in [3.05, 3.63) is 18.0 Å². The fraction of sp³-hybridized carbons (Fsp3) is 0.733. The molecule has 0 unspecified atom stereocenters. The van der Waals surface area contributed by atoms with E-state index in [9.17, 15) is 4.79 Å². The summed E-state index contributed by atoms with van der Waals surface area (Å²) in [5.74, 6) is 0.320. The minimum Gasteiger partial charge on any atom is -0.377 e. The van der Waals surface area contributed by atoms with Crippen molar-refractivity contribution in [2.75, 3.05) is 13.2 Å². The molecule has 0 aromatic carbocycles. The van der Waals surface area contributed by atoms with E-state index in [1.54, 1.807) is 24.1 Å². The van der Waals surface area contributed by atoms with Gasteiger partial charge in [-0.05, 0) is 18.3 Å². The Bertz CT molecular complexity index is 462. The van der Waals surface area contributed by atoms with E-state index in [1.165, 1.54) is 0 Å². The molecule has 0 saturated carbocycles. The van der Waals surface area contributed by atoms with E-state index in [-0.39, 0.29) is 17.4 Å². The Balaban J connectivity index is 1.93. The average Bonchev–Trinajstić information content (AvgIpc) is 2.82. The highest BCUT2D eigenvalue weighted by atomic mass is 16.5. The van der Waals surface area contributed by atoms with Crippen molar-refractivity contribution in [1.82, 2.24) is 15.1 Å². The van der Waals surface area contributed by atoms with Gasteiger partial charge in [0.05, 0.1) is 17.9 Å². The maximum atomic E-state index is 12.1. The summed E-state index contributed by atoms with van der Waals surface area (Å²) in [6.07, 6.45) is 5.70. The molecule has 0 spiro atoms. The summed E-state index contributed by atoms with van der Waals surface area (Å²) in [4.78, 5) is 12.1. The molecule has 20 heavy (non-hydrogen) atoms. The van der Waals surface area contributed by atoms with Crippen molar-refractivity contribution in [1.29, 1.82) is 0 Å². The molecule has 0 aliphatic carbocycles.